The molecule has 0 aromatic carbocycles. The number of nitrogens with zero attached hydrogens (tertiary/aromatic N) is 1. The number of aryl methyl sites for hydroxylation is 1. The predicted molar refractivity (Wildman–Crippen MR) is 91.6 cm³/mol. The molecule has 1 aliphatic heterocycles. The van der Waals surface area contributed by atoms with E-state index in [4.69, 9.17) is 9.47 Å². The molecule has 1 amide bonds. The smallest absolute Gasteiger partial charge is 0.407 e. The summed E-state index contributed by atoms with van der Waals surface area (Å²) in [5.41, 5.74) is -1.18. The van der Waals surface area contributed by atoms with E-state index in [0.29, 0.717) is 17.7 Å². The number of amides is 1. The lowest BCUT2D eigenvalue weighted by molar-refractivity contribution is 0.00521. The zero-order valence-electron chi connectivity index (χ0n) is 14.2. The van der Waals surface area contributed by atoms with Crippen LogP contribution >= 0.6 is 12.6 Å². The van der Waals surface area contributed by atoms with E-state index in [1.54, 1.807) is 27.7 Å². The molecule has 3 atom stereocenters. The number of hydrogen-bond donors (Lipinski definition) is 3. The molecule has 0 saturated carbocycles. The van der Waals surface area contributed by atoms with Gasteiger partial charge in [0.25, 0.3) is 5.56 Å². The summed E-state index contributed by atoms with van der Waals surface area (Å²) in [4.78, 5) is 37.7. The maximum atomic E-state index is 12.0. The summed E-state index contributed by atoms with van der Waals surface area (Å²) in [6.45, 7) is 6.94. The van der Waals surface area contributed by atoms with Crippen molar-refractivity contribution in [3.05, 3.63) is 32.6 Å². The fourth-order valence-corrected chi connectivity index (χ4v) is 2.82. The highest BCUT2D eigenvalue weighted by atomic mass is 32.1. The van der Waals surface area contributed by atoms with Gasteiger partial charge in [-0.15, -0.1) is 0 Å². The summed E-state index contributed by atoms with van der Waals surface area (Å²) in [5.74, 6) is 0.369. The fraction of sp³-hybridized carbons (Fsp3) is 0.667. The Morgan fingerprint density at radius 3 is 2.75 bits per heavy atom. The normalized spacial score (nSPS) is 24.0. The molecule has 134 valence electrons. The Hall–Kier alpha value is -1.74. The van der Waals surface area contributed by atoms with E-state index in [-0.39, 0.29) is 12.1 Å². The van der Waals surface area contributed by atoms with Gasteiger partial charge in [-0.25, -0.2) is 9.59 Å². The first-order valence-electron chi connectivity index (χ1n) is 7.68. The molecular formula is C15H23N3O5S. The number of H-pyrrole nitrogens is 1. The number of hydrogen-bond acceptors (Lipinski definition) is 6. The first kappa shape index (κ1) is 18.6. The number of carbonyl (C=O) groups is 1. The molecule has 0 spiro atoms. The molecule has 1 aliphatic rings. The molecule has 8 nitrogen and oxygen atoms in total. The number of alkyl carbamates (subject to hydrolysis) is 1. The molecule has 2 rings (SSSR count). The fourth-order valence-electron chi connectivity index (χ4n) is 2.48. The second-order valence-electron chi connectivity index (χ2n) is 6.78. The Balaban J connectivity index is 2.15. The van der Waals surface area contributed by atoms with E-state index in [0.717, 1.165) is 0 Å². The van der Waals surface area contributed by atoms with Crippen molar-refractivity contribution in [3.8, 4) is 0 Å². The van der Waals surface area contributed by atoms with Gasteiger partial charge in [0.05, 0.1) is 12.1 Å². The van der Waals surface area contributed by atoms with Crippen LogP contribution in [0.25, 0.3) is 0 Å². The van der Waals surface area contributed by atoms with Gasteiger partial charge in [-0.2, -0.15) is 12.6 Å². The monoisotopic (exact) mass is 357 g/mol. The van der Waals surface area contributed by atoms with Crippen LogP contribution < -0.4 is 16.6 Å². The van der Waals surface area contributed by atoms with E-state index in [1.807, 2.05) is 0 Å². The van der Waals surface area contributed by atoms with Crippen LogP contribution in [-0.2, 0) is 9.47 Å². The van der Waals surface area contributed by atoms with Crippen molar-refractivity contribution in [3.63, 3.8) is 0 Å². The topological polar surface area (TPSA) is 102 Å². The van der Waals surface area contributed by atoms with Crippen molar-refractivity contribution in [1.29, 1.82) is 0 Å². The second-order valence-corrected chi connectivity index (χ2v) is 7.14. The number of thiol groups is 1. The van der Waals surface area contributed by atoms with Gasteiger partial charge in [0, 0.05) is 23.9 Å². The average molecular weight is 357 g/mol. The van der Waals surface area contributed by atoms with Gasteiger partial charge in [-0.1, -0.05) is 0 Å². The molecule has 0 aliphatic carbocycles. The van der Waals surface area contributed by atoms with Crippen LogP contribution in [0.5, 0.6) is 0 Å². The highest BCUT2D eigenvalue weighted by Gasteiger charge is 2.37. The van der Waals surface area contributed by atoms with Crippen LogP contribution in [0.3, 0.4) is 0 Å². The number of nitrogens with one attached hydrogen (secondary N) is 2. The van der Waals surface area contributed by atoms with Crippen LogP contribution in [0.2, 0.25) is 0 Å². The van der Waals surface area contributed by atoms with E-state index in [1.165, 1.54) is 10.8 Å². The highest BCUT2D eigenvalue weighted by Crippen LogP contribution is 2.28. The van der Waals surface area contributed by atoms with Gasteiger partial charge in [0.15, 0.2) is 0 Å². The van der Waals surface area contributed by atoms with Gasteiger partial charge in [-0.05, 0) is 27.7 Å². The first-order chi connectivity index (χ1) is 11.1. The molecule has 24 heavy (non-hydrogen) atoms. The van der Waals surface area contributed by atoms with Crippen molar-refractivity contribution >= 4 is 18.7 Å². The number of rotatable bonds is 3. The zero-order valence-corrected chi connectivity index (χ0v) is 15.1. The third-order valence-electron chi connectivity index (χ3n) is 3.57. The summed E-state index contributed by atoms with van der Waals surface area (Å²) < 4.78 is 12.4. The van der Waals surface area contributed by atoms with Gasteiger partial charge < -0.3 is 14.8 Å². The van der Waals surface area contributed by atoms with Crippen molar-refractivity contribution in [1.82, 2.24) is 14.9 Å². The van der Waals surface area contributed by atoms with Crippen LogP contribution in [0, 0.1) is 6.92 Å². The predicted octanol–water partition coefficient (Wildman–Crippen LogP) is 0.956. The Morgan fingerprint density at radius 1 is 1.50 bits per heavy atom. The van der Waals surface area contributed by atoms with Crippen molar-refractivity contribution in [2.24, 2.45) is 0 Å². The molecule has 9 heteroatoms. The number of carbonyl (C=O) groups excluding carboxylic acids is 1. The number of aromatic nitrogens is 2. The zero-order chi connectivity index (χ0) is 18.1. The summed E-state index contributed by atoms with van der Waals surface area (Å²) in [7, 11) is 0. The Bertz CT molecular complexity index is 721. The van der Waals surface area contributed by atoms with Gasteiger partial charge in [0.2, 0.25) is 0 Å². The summed E-state index contributed by atoms with van der Waals surface area (Å²) in [5, 5.41) is 2.76. The van der Waals surface area contributed by atoms with Gasteiger partial charge in [-0.3, -0.25) is 14.3 Å². The van der Waals surface area contributed by atoms with Gasteiger partial charge >= 0.3 is 11.8 Å². The SMILES string of the molecule is Cc1cn([C@H]2C[C@H](NC(=O)OC(C)(C)C)[C@@H](CS)O2)c(=O)[nH]c1=O. The van der Waals surface area contributed by atoms with Crippen molar-refractivity contribution in [2.75, 3.05) is 5.75 Å². The summed E-state index contributed by atoms with van der Waals surface area (Å²) in [6.07, 6.45) is 0.316. The molecule has 2 heterocycles. The lowest BCUT2D eigenvalue weighted by Gasteiger charge is -2.23. The van der Waals surface area contributed by atoms with Gasteiger partial charge in [0.1, 0.15) is 11.8 Å². The second kappa shape index (κ2) is 7.02. The third kappa shape index (κ3) is 4.41. The lowest BCUT2D eigenvalue weighted by Crippen LogP contribution is -2.43. The largest absolute Gasteiger partial charge is 0.444 e. The maximum Gasteiger partial charge on any atom is 0.407 e. The highest BCUT2D eigenvalue weighted by molar-refractivity contribution is 7.80. The Morgan fingerprint density at radius 2 is 2.17 bits per heavy atom. The van der Waals surface area contributed by atoms with Crippen molar-refractivity contribution < 1.29 is 14.3 Å². The lowest BCUT2D eigenvalue weighted by atomic mass is 10.1. The standard InChI is InChI=1S/C15H23N3O5S/c1-8-6-18(13(20)17-12(8)19)11-5-9(10(7-24)22-11)16-14(21)23-15(2,3)4/h6,9-11,24H,5,7H2,1-4H3,(H,16,21)(H,17,19,20)/t9-,10+,11+/m0/s1. The third-order valence-corrected chi connectivity index (χ3v) is 3.93. The van der Waals surface area contributed by atoms with Crippen molar-refractivity contribution in [2.45, 2.75) is 58.1 Å². The molecule has 0 radical (unpaired) electrons. The minimum atomic E-state index is -0.605. The maximum absolute atomic E-state index is 12.0. The van der Waals surface area contributed by atoms with E-state index < -0.39 is 29.2 Å². The summed E-state index contributed by atoms with van der Waals surface area (Å²) in [6, 6.07) is -0.346. The van der Waals surface area contributed by atoms with E-state index in [9.17, 15) is 14.4 Å². The Kier molecular flexibility index (Phi) is 5.44. The van der Waals surface area contributed by atoms with E-state index >= 15 is 0 Å². The molecule has 1 aromatic heterocycles. The van der Waals surface area contributed by atoms with Crippen LogP contribution in [0.4, 0.5) is 4.79 Å². The molecule has 0 bridgehead atoms. The van der Waals surface area contributed by atoms with Crippen LogP contribution in [0.15, 0.2) is 15.8 Å². The molecule has 1 aromatic rings. The Labute approximate surface area is 145 Å². The van der Waals surface area contributed by atoms with Crippen LogP contribution in [0.1, 0.15) is 39.0 Å². The molecular weight excluding hydrogens is 334 g/mol. The summed E-state index contributed by atoms with van der Waals surface area (Å²) >= 11 is 4.24. The molecule has 0 unspecified atom stereocenters. The van der Waals surface area contributed by atoms with E-state index in [2.05, 4.69) is 22.9 Å². The first-order valence-corrected chi connectivity index (χ1v) is 8.32. The minimum Gasteiger partial charge on any atom is -0.444 e. The number of aromatic amines is 1. The molecule has 2 N–H and O–H groups in total. The molecule has 1 saturated heterocycles. The average Bonchev–Trinajstić information content (AvgIpc) is 2.83. The van der Waals surface area contributed by atoms with Crippen LogP contribution in [-0.4, -0.2) is 39.1 Å². The number of ether oxygens (including phenoxy) is 2. The molecule has 1 fully saturated rings. The quantitative estimate of drug-likeness (QED) is 0.699. The minimum absolute atomic E-state index is 0.346.